The largest absolute Gasteiger partial charge is 0.481 e. The van der Waals surface area contributed by atoms with E-state index in [2.05, 4.69) is 4.98 Å². The minimum absolute atomic E-state index is 0.0731. The fraction of sp³-hybridized carbons (Fsp3) is 0.316. The van der Waals surface area contributed by atoms with Crippen molar-refractivity contribution in [3.63, 3.8) is 0 Å². The van der Waals surface area contributed by atoms with Crippen LogP contribution in [0.2, 0.25) is 0 Å². The zero-order valence-electron chi connectivity index (χ0n) is 13.6. The number of carboxylic acid groups (broad SMARTS) is 1. The summed E-state index contributed by atoms with van der Waals surface area (Å²) in [5.41, 5.74) is 2.78. The molecule has 1 aromatic heterocycles. The standard InChI is InChI=1S/C19H20N2O3/c1-13-6-2-3-8-15(13)16-11-21(12-17(16)19(23)24)18(22)10-14-7-4-5-9-20-14/h2-9,16-17H,10-12H2,1H3,(H,23,24)/t16-,17+/m0/s1. The molecule has 1 fully saturated rings. The second kappa shape index (κ2) is 6.83. The van der Waals surface area contributed by atoms with Gasteiger partial charge < -0.3 is 10.0 Å². The molecule has 0 bridgehead atoms. The van der Waals surface area contributed by atoms with Gasteiger partial charge in [-0.15, -0.1) is 0 Å². The number of aromatic nitrogens is 1. The van der Waals surface area contributed by atoms with E-state index in [0.29, 0.717) is 12.2 Å². The summed E-state index contributed by atoms with van der Waals surface area (Å²) in [7, 11) is 0. The number of aryl methyl sites for hydroxylation is 1. The normalized spacial score (nSPS) is 20.1. The highest BCUT2D eigenvalue weighted by Crippen LogP contribution is 2.34. The van der Waals surface area contributed by atoms with Crippen molar-refractivity contribution in [1.29, 1.82) is 0 Å². The third-order valence-electron chi connectivity index (χ3n) is 4.64. The van der Waals surface area contributed by atoms with E-state index in [0.717, 1.165) is 11.1 Å². The molecule has 5 heteroatoms. The van der Waals surface area contributed by atoms with Gasteiger partial charge in [0.25, 0.3) is 0 Å². The number of carbonyl (C=O) groups excluding carboxylic acids is 1. The molecule has 1 amide bonds. The Bertz CT molecular complexity index is 745. The van der Waals surface area contributed by atoms with E-state index in [1.54, 1.807) is 17.2 Å². The first-order valence-electron chi connectivity index (χ1n) is 8.02. The van der Waals surface area contributed by atoms with Crippen LogP contribution in [0.4, 0.5) is 0 Å². The van der Waals surface area contributed by atoms with Crippen LogP contribution < -0.4 is 0 Å². The molecule has 0 aliphatic carbocycles. The minimum Gasteiger partial charge on any atom is -0.481 e. The molecule has 2 atom stereocenters. The van der Waals surface area contributed by atoms with Crippen molar-refractivity contribution in [2.24, 2.45) is 5.92 Å². The molecule has 0 spiro atoms. The van der Waals surface area contributed by atoms with Gasteiger partial charge in [-0.3, -0.25) is 14.6 Å². The van der Waals surface area contributed by atoms with Crippen molar-refractivity contribution in [2.75, 3.05) is 13.1 Å². The second-order valence-electron chi connectivity index (χ2n) is 6.20. The summed E-state index contributed by atoms with van der Waals surface area (Å²) < 4.78 is 0. The van der Waals surface area contributed by atoms with Crippen molar-refractivity contribution >= 4 is 11.9 Å². The van der Waals surface area contributed by atoms with E-state index in [1.807, 2.05) is 43.3 Å². The van der Waals surface area contributed by atoms with Gasteiger partial charge in [-0.1, -0.05) is 30.3 Å². The average Bonchev–Trinajstić information content (AvgIpc) is 3.02. The smallest absolute Gasteiger partial charge is 0.308 e. The summed E-state index contributed by atoms with van der Waals surface area (Å²) in [5, 5.41) is 9.57. The van der Waals surface area contributed by atoms with Gasteiger partial charge in [-0.25, -0.2) is 0 Å². The Morgan fingerprint density at radius 1 is 1.17 bits per heavy atom. The summed E-state index contributed by atoms with van der Waals surface area (Å²) in [6.45, 7) is 2.67. The number of carbonyl (C=O) groups is 2. The Hall–Kier alpha value is -2.69. The molecule has 1 aliphatic rings. The number of aliphatic carboxylic acids is 1. The SMILES string of the molecule is Cc1ccccc1[C@@H]1CN(C(=O)Cc2ccccn2)C[C@H]1C(=O)O. The maximum Gasteiger partial charge on any atom is 0.308 e. The first-order valence-corrected chi connectivity index (χ1v) is 8.02. The fourth-order valence-corrected chi connectivity index (χ4v) is 3.35. The molecule has 1 aromatic carbocycles. The number of hydrogen-bond acceptors (Lipinski definition) is 3. The molecular weight excluding hydrogens is 304 g/mol. The lowest BCUT2D eigenvalue weighted by molar-refractivity contribution is -0.141. The summed E-state index contributed by atoms with van der Waals surface area (Å²) in [6, 6.07) is 13.2. The molecule has 0 unspecified atom stereocenters. The number of benzene rings is 1. The molecule has 1 saturated heterocycles. The Labute approximate surface area is 140 Å². The minimum atomic E-state index is -0.851. The molecule has 2 heterocycles. The van der Waals surface area contributed by atoms with Gasteiger partial charge in [0.05, 0.1) is 12.3 Å². The number of nitrogens with zero attached hydrogens (tertiary/aromatic N) is 2. The van der Waals surface area contributed by atoms with Crippen LogP contribution in [-0.4, -0.2) is 40.0 Å². The van der Waals surface area contributed by atoms with E-state index >= 15 is 0 Å². The van der Waals surface area contributed by atoms with Crippen molar-refractivity contribution in [3.05, 3.63) is 65.5 Å². The van der Waals surface area contributed by atoms with Gasteiger partial charge in [0.15, 0.2) is 0 Å². The van der Waals surface area contributed by atoms with E-state index in [9.17, 15) is 14.7 Å². The van der Waals surface area contributed by atoms with Gasteiger partial charge >= 0.3 is 5.97 Å². The summed E-state index contributed by atoms with van der Waals surface area (Å²) in [4.78, 5) is 30.0. The molecule has 124 valence electrons. The molecule has 1 N–H and O–H groups in total. The van der Waals surface area contributed by atoms with E-state index in [-0.39, 0.29) is 24.8 Å². The van der Waals surface area contributed by atoms with Crippen molar-refractivity contribution < 1.29 is 14.7 Å². The Morgan fingerprint density at radius 3 is 2.58 bits per heavy atom. The van der Waals surface area contributed by atoms with Gasteiger partial charge in [-0.2, -0.15) is 0 Å². The van der Waals surface area contributed by atoms with Gasteiger partial charge in [0.2, 0.25) is 5.91 Å². The molecule has 1 aliphatic heterocycles. The van der Waals surface area contributed by atoms with Gasteiger partial charge in [0, 0.05) is 30.9 Å². The molecule has 0 radical (unpaired) electrons. The third-order valence-corrected chi connectivity index (χ3v) is 4.64. The maximum atomic E-state index is 12.5. The molecule has 2 aromatic rings. The molecular formula is C19H20N2O3. The number of pyridine rings is 1. The maximum absolute atomic E-state index is 12.5. The number of amides is 1. The summed E-state index contributed by atoms with van der Waals surface area (Å²) >= 11 is 0. The van der Waals surface area contributed by atoms with Crippen LogP contribution >= 0.6 is 0 Å². The molecule has 24 heavy (non-hydrogen) atoms. The van der Waals surface area contributed by atoms with Crippen LogP contribution in [0.15, 0.2) is 48.7 Å². The first-order chi connectivity index (χ1) is 11.6. The van der Waals surface area contributed by atoms with E-state index < -0.39 is 11.9 Å². The van der Waals surface area contributed by atoms with E-state index in [4.69, 9.17) is 0 Å². The Morgan fingerprint density at radius 2 is 1.92 bits per heavy atom. The van der Waals surface area contributed by atoms with Crippen LogP contribution in [0.3, 0.4) is 0 Å². The van der Waals surface area contributed by atoms with Crippen molar-refractivity contribution in [1.82, 2.24) is 9.88 Å². The van der Waals surface area contributed by atoms with Gasteiger partial charge in [-0.05, 0) is 30.2 Å². The van der Waals surface area contributed by atoms with Crippen LogP contribution in [0, 0.1) is 12.8 Å². The molecule has 3 rings (SSSR count). The summed E-state index contributed by atoms with van der Waals surface area (Å²) in [5.74, 6) is -1.66. The highest BCUT2D eigenvalue weighted by Gasteiger charge is 2.40. The molecule has 0 saturated carbocycles. The summed E-state index contributed by atoms with van der Waals surface area (Å²) in [6.07, 6.45) is 1.86. The Balaban J connectivity index is 1.79. The second-order valence-corrected chi connectivity index (χ2v) is 6.20. The van der Waals surface area contributed by atoms with E-state index in [1.165, 1.54) is 0 Å². The third kappa shape index (κ3) is 3.30. The van der Waals surface area contributed by atoms with Crippen LogP contribution in [-0.2, 0) is 16.0 Å². The zero-order valence-corrected chi connectivity index (χ0v) is 13.6. The quantitative estimate of drug-likeness (QED) is 0.936. The Kier molecular flexibility index (Phi) is 4.60. The van der Waals surface area contributed by atoms with Gasteiger partial charge in [0.1, 0.15) is 0 Å². The monoisotopic (exact) mass is 324 g/mol. The number of rotatable bonds is 4. The molecule has 5 nitrogen and oxygen atoms in total. The highest BCUT2D eigenvalue weighted by molar-refractivity contribution is 5.81. The van der Waals surface area contributed by atoms with Crippen molar-refractivity contribution in [3.8, 4) is 0 Å². The first kappa shape index (κ1) is 16.2. The zero-order chi connectivity index (χ0) is 17.1. The predicted octanol–water partition coefficient (Wildman–Crippen LogP) is 2.26. The van der Waals surface area contributed by atoms with Crippen LogP contribution in [0.25, 0.3) is 0 Å². The lowest BCUT2D eigenvalue weighted by Gasteiger charge is -2.18. The van der Waals surface area contributed by atoms with Crippen LogP contribution in [0.1, 0.15) is 22.7 Å². The topological polar surface area (TPSA) is 70.5 Å². The predicted molar refractivity (Wildman–Crippen MR) is 89.6 cm³/mol. The van der Waals surface area contributed by atoms with Crippen LogP contribution in [0.5, 0.6) is 0 Å². The highest BCUT2D eigenvalue weighted by atomic mass is 16.4. The lowest BCUT2D eigenvalue weighted by atomic mass is 9.86. The lowest BCUT2D eigenvalue weighted by Crippen LogP contribution is -2.31. The van der Waals surface area contributed by atoms with Crippen molar-refractivity contribution in [2.45, 2.75) is 19.3 Å². The fourth-order valence-electron chi connectivity index (χ4n) is 3.35. The number of carboxylic acids is 1. The number of hydrogen-bond donors (Lipinski definition) is 1. The average molecular weight is 324 g/mol. The number of likely N-dealkylation sites (tertiary alicyclic amines) is 1.